The highest BCUT2D eigenvalue weighted by Gasteiger charge is 2.29. The number of phenols is 1. The third-order valence-corrected chi connectivity index (χ3v) is 7.37. The first-order chi connectivity index (χ1) is 17.7. The number of nitrogens with one attached hydrogen (secondary N) is 1. The maximum atomic E-state index is 14.1. The van der Waals surface area contributed by atoms with Crippen LogP contribution in [0.4, 0.5) is 4.39 Å². The van der Waals surface area contributed by atoms with Gasteiger partial charge in [0.25, 0.3) is 0 Å². The topological polar surface area (TPSA) is 50.7 Å². The molecule has 0 amide bonds. The van der Waals surface area contributed by atoms with Gasteiger partial charge in [-0.2, -0.15) is 0 Å². The fourth-order valence-corrected chi connectivity index (χ4v) is 5.50. The Morgan fingerprint density at radius 3 is 2.62 bits per heavy atom. The normalized spacial score (nSPS) is 18.6. The molecule has 1 fully saturated rings. The van der Waals surface area contributed by atoms with Gasteiger partial charge in [-0.05, 0) is 84.1 Å². The lowest BCUT2D eigenvalue weighted by Gasteiger charge is -2.30. The maximum Gasteiger partial charge on any atom is 0.150 e. The zero-order valence-electron chi connectivity index (χ0n) is 20.6. The van der Waals surface area contributed by atoms with Gasteiger partial charge in [0, 0.05) is 23.2 Å². The second-order valence-corrected chi connectivity index (χ2v) is 9.78. The van der Waals surface area contributed by atoms with Crippen molar-refractivity contribution >= 4 is 23.2 Å². The molecule has 1 saturated heterocycles. The highest BCUT2D eigenvalue weighted by molar-refractivity contribution is 5.95. The number of halogens is 2. The van der Waals surface area contributed by atoms with Crippen molar-refractivity contribution in [1.29, 1.82) is 0 Å². The third kappa shape index (κ3) is 5.25. The molecule has 0 bridgehead atoms. The molecule has 2 heterocycles. The van der Waals surface area contributed by atoms with Crippen molar-refractivity contribution < 1.29 is 19.0 Å². The molecule has 192 valence electrons. The number of hydrogen-bond acceptors (Lipinski definition) is 4. The second-order valence-electron chi connectivity index (χ2n) is 9.78. The van der Waals surface area contributed by atoms with Crippen molar-refractivity contribution in [2.24, 2.45) is 0 Å². The van der Waals surface area contributed by atoms with Gasteiger partial charge in [0.1, 0.15) is 23.1 Å². The van der Waals surface area contributed by atoms with Crippen LogP contribution in [0.15, 0.2) is 72.8 Å². The van der Waals surface area contributed by atoms with Crippen LogP contribution in [0.25, 0.3) is 21.9 Å². The molecular weight excluding hydrogens is 489 g/mol. The van der Waals surface area contributed by atoms with Crippen LogP contribution in [0.1, 0.15) is 49.3 Å². The molecule has 0 radical (unpaired) electrons. The first-order valence-corrected chi connectivity index (χ1v) is 12.8. The summed E-state index contributed by atoms with van der Waals surface area (Å²) in [4.78, 5) is 0. The molecule has 6 rings (SSSR count). The summed E-state index contributed by atoms with van der Waals surface area (Å²) in [7, 11) is 0. The van der Waals surface area contributed by atoms with Crippen LogP contribution < -0.4 is 14.8 Å². The zero-order chi connectivity index (χ0) is 24.5. The van der Waals surface area contributed by atoms with Crippen molar-refractivity contribution in [3.63, 3.8) is 0 Å². The Kier molecular flexibility index (Phi) is 7.54. The van der Waals surface area contributed by atoms with Crippen LogP contribution in [-0.2, 0) is 0 Å². The number of ether oxygens (including phenoxy) is 2. The lowest BCUT2D eigenvalue weighted by Crippen LogP contribution is -2.29. The summed E-state index contributed by atoms with van der Waals surface area (Å²) in [5.41, 5.74) is 3.85. The van der Waals surface area contributed by atoms with Crippen molar-refractivity contribution in [1.82, 2.24) is 5.32 Å². The molecule has 2 aliphatic rings. The molecule has 4 aromatic carbocycles. The predicted octanol–water partition coefficient (Wildman–Crippen LogP) is 7.56. The number of rotatable bonds is 5. The molecule has 4 aromatic rings. The fraction of sp³-hybridized carbons (Fsp3) is 0.290. The molecule has 0 spiro atoms. The Balaban J connectivity index is 0.00000280. The smallest absolute Gasteiger partial charge is 0.150 e. The average Bonchev–Trinajstić information content (AvgIpc) is 3.17. The van der Waals surface area contributed by atoms with Crippen molar-refractivity contribution in [2.45, 2.75) is 44.2 Å². The van der Waals surface area contributed by atoms with E-state index < -0.39 is 6.10 Å². The van der Waals surface area contributed by atoms with Crippen molar-refractivity contribution in [3.8, 4) is 28.4 Å². The predicted molar refractivity (Wildman–Crippen MR) is 148 cm³/mol. The largest absolute Gasteiger partial charge is 0.508 e. The first kappa shape index (κ1) is 25.4. The molecular formula is C31H31ClFNO3. The van der Waals surface area contributed by atoms with Crippen LogP contribution >= 0.6 is 12.4 Å². The van der Waals surface area contributed by atoms with Crippen LogP contribution in [0.2, 0.25) is 0 Å². The zero-order valence-corrected chi connectivity index (χ0v) is 21.4. The molecule has 2 aliphatic heterocycles. The summed E-state index contributed by atoms with van der Waals surface area (Å²) in [6.45, 7) is 1.78. The van der Waals surface area contributed by atoms with Gasteiger partial charge in [-0.25, -0.2) is 4.39 Å². The van der Waals surface area contributed by atoms with Crippen LogP contribution in [-0.4, -0.2) is 24.3 Å². The highest BCUT2D eigenvalue weighted by Crippen LogP contribution is 2.48. The Labute approximate surface area is 222 Å². The molecule has 4 nitrogen and oxygen atoms in total. The van der Waals surface area contributed by atoms with E-state index in [-0.39, 0.29) is 24.0 Å². The van der Waals surface area contributed by atoms with E-state index in [4.69, 9.17) is 9.47 Å². The minimum atomic E-state index is -0.410. The first-order valence-electron chi connectivity index (χ1n) is 12.8. The monoisotopic (exact) mass is 519 g/mol. The minimum absolute atomic E-state index is 0. The van der Waals surface area contributed by atoms with E-state index in [1.165, 1.54) is 37.8 Å². The highest BCUT2D eigenvalue weighted by atomic mass is 35.5. The number of fused-ring (bicyclic) bond motifs is 5. The van der Waals surface area contributed by atoms with E-state index in [2.05, 4.69) is 5.32 Å². The second kappa shape index (κ2) is 11.0. The molecule has 2 atom stereocenters. The average molecular weight is 520 g/mol. The van der Waals surface area contributed by atoms with Crippen molar-refractivity contribution in [3.05, 3.63) is 89.7 Å². The summed E-state index contributed by atoms with van der Waals surface area (Å²) >= 11 is 0. The standard InChI is InChI=1S/C31H30FNO3.ClH/c32-22-8-13-27-28-12-7-21-18-24(34)9-14-26(21)30(28)31(36-29(27)19-22)20-5-10-25(11-6-20)35-17-15-23-4-2-1-3-16-33-23;/h5-14,18-19,23,31,33-34H,1-4,15-17H2;1H. The third-order valence-electron chi connectivity index (χ3n) is 7.37. The quantitative estimate of drug-likeness (QED) is 0.286. The summed E-state index contributed by atoms with van der Waals surface area (Å²) in [5, 5.41) is 15.6. The molecule has 2 N–H and O–H groups in total. The SMILES string of the molecule is Cl.Oc1ccc2c3c(ccc2c1)-c1ccc(F)cc1OC3c1ccc(OCCC2CCCCCN2)cc1. The summed E-state index contributed by atoms with van der Waals surface area (Å²) < 4.78 is 26.6. The molecule has 2 unspecified atom stereocenters. The molecule has 37 heavy (non-hydrogen) atoms. The maximum absolute atomic E-state index is 14.1. The van der Waals surface area contributed by atoms with E-state index in [1.807, 2.05) is 42.5 Å². The number of aromatic hydroxyl groups is 1. The van der Waals surface area contributed by atoms with Crippen LogP contribution in [0, 0.1) is 5.82 Å². The van der Waals surface area contributed by atoms with Gasteiger partial charge in [0.05, 0.1) is 6.61 Å². The molecule has 6 heteroatoms. The Hall–Kier alpha value is -3.28. The van der Waals surface area contributed by atoms with E-state index in [0.717, 1.165) is 51.7 Å². The Morgan fingerprint density at radius 1 is 0.919 bits per heavy atom. The van der Waals surface area contributed by atoms with Gasteiger partial charge in [-0.1, -0.05) is 43.2 Å². The summed E-state index contributed by atoms with van der Waals surface area (Å²) in [6, 6.07) is 22.6. The number of benzene rings is 4. The summed E-state index contributed by atoms with van der Waals surface area (Å²) in [5.74, 6) is 1.26. The van der Waals surface area contributed by atoms with Gasteiger partial charge in [0.2, 0.25) is 0 Å². The minimum Gasteiger partial charge on any atom is -0.508 e. The van der Waals surface area contributed by atoms with E-state index in [9.17, 15) is 9.50 Å². The van der Waals surface area contributed by atoms with E-state index in [0.29, 0.717) is 18.4 Å². The van der Waals surface area contributed by atoms with Crippen LogP contribution in [0.3, 0.4) is 0 Å². The molecule has 0 aromatic heterocycles. The van der Waals surface area contributed by atoms with Gasteiger partial charge >= 0.3 is 0 Å². The number of hydrogen-bond donors (Lipinski definition) is 2. The van der Waals surface area contributed by atoms with Crippen LogP contribution in [0.5, 0.6) is 17.2 Å². The van der Waals surface area contributed by atoms with Crippen molar-refractivity contribution in [2.75, 3.05) is 13.2 Å². The fourth-order valence-electron chi connectivity index (χ4n) is 5.50. The summed E-state index contributed by atoms with van der Waals surface area (Å²) in [6.07, 6.45) is 5.67. The lowest BCUT2D eigenvalue weighted by molar-refractivity contribution is 0.243. The van der Waals surface area contributed by atoms with E-state index in [1.54, 1.807) is 18.2 Å². The van der Waals surface area contributed by atoms with Gasteiger partial charge < -0.3 is 19.9 Å². The number of phenolic OH excluding ortho intramolecular Hbond substituents is 1. The molecule has 0 saturated carbocycles. The van der Waals surface area contributed by atoms with Gasteiger partial charge in [-0.15, -0.1) is 12.4 Å². The molecule has 0 aliphatic carbocycles. The Bertz CT molecular complexity index is 1380. The lowest BCUT2D eigenvalue weighted by atomic mass is 9.86. The van der Waals surface area contributed by atoms with E-state index >= 15 is 0 Å². The van der Waals surface area contributed by atoms with Gasteiger partial charge in [0.15, 0.2) is 6.10 Å². The van der Waals surface area contributed by atoms with Gasteiger partial charge in [-0.3, -0.25) is 0 Å². The Morgan fingerprint density at radius 2 is 1.76 bits per heavy atom.